The van der Waals surface area contributed by atoms with Crippen LogP contribution in [0.2, 0.25) is 0 Å². The summed E-state index contributed by atoms with van der Waals surface area (Å²) >= 11 is 0. The van der Waals surface area contributed by atoms with Gasteiger partial charge in [-0.25, -0.2) is 9.97 Å². The Morgan fingerprint density at radius 3 is 2.93 bits per heavy atom. The van der Waals surface area contributed by atoms with E-state index in [4.69, 9.17) is 5.73 Å². The predicted octanol–water partition coefficient (Wildman–Crippen LogP) is 1.03. The Balaban J connectivity index is 2.47. The molecule has 4 heteroatoms. The third-order valence-electron chi connectivity index (χ3n) is 2.07. The van der Waals surface area contributed by atoms with Gasteiger partial charge in [-0.3, -0.25) is 4.57 Å². The molecule has 2 aromatic rings. The Morgan fingerprint density at radius 1 is 1.43 bits per heavy atom. The van der Waals surface area contributed by atoms with Gasteiger partial charge in [0.15, 0.2) is 0 Å². The molecular weight excluding hydrogens is 176 g/mol. The quantitative estimate of drug-likeness (QED) is 0.766. The monoisotopic (exact) mass is 188 g/mol. The van der Waals surface area contributed by atoms with Gasteiger partial charge in [-0.05, 0) is 19.1 Å². The molecule has 4 nitrogen and oxygen atoms in total. The van der Waals surface area contributed by atoms with E-state index in [1.807, 2.05) is 35.9 Å². The lowest BCUT2D eigenvalue weighted by atomic mass is 10.3. The maximum Gasteiger partial charge on any atom is 0.138 e. The zero-order valence-electron chi connectivity index (χ0n) is 8.01. The number of hydrogen-bond acceptors (Lipinski definition) is 3. The van der Waals surface area contributed by atoms with Crippen LogP contribution in [0.15, 0.2) is 30.6 Å². The second kappa shape index (κ2) is 3.59. The van der Waals surface area contributed by atoms with Gasteiger partial charge in [-0.1, -0.05) is 6.07 Å². The summed E-state index contributed by atoms with van der Waals surface area (Å²) in [6, 6.07) is 5.80. The molecule has 0 aliphatic rings. The van der Waals surface area contributed by atoms with Gasteiger partial charge in [0.2, 0.25) is 0 Å². The number of rotatable bonds is 2. The van der Waals surface area contributed by atoms with E-state index in [0.29, 0.717) is 6.54 Å². The summed E-state index contributed by atoms with van der Waals surface area (Å²) in [6.45, 7) is 2.40. The van der Waals surface area contributed by atoms with Crippen molar-refractivity contribution in [2.24, 2.45) is 5.73 Å². The van der Waals surface area contributed by atoms with Crippen LogP contribution in [0.5, 0.6) is 0 Å². The van der Waals surface area contributed by atoms with Crippen LogP contribution in [0.25, 0.3) is 5.82 Å². The molecule has 0 aromatic carbocycles. The van der Waals surface area contributed by atoms with Crippen LogP contribution in [0, 0.1) is 6.92 Å². The van der Waals surface area contributed by atoms with Gasteiger partial charge in [0, 0.05) is 18.9 Å². The van der Waals surface area contributed by atoms with E-state index in [9.17, 15) is 0 Å². The fourth-order valence-corrected chi connectivity index (χ4v) is 1.33. The molecule has 0 fully saturated rings. The normalized spacial score (nSPS) is 10.4. The molecule has 0 spiro atoms. The largest absolute Gasteiger partial charge is 0.325 e. The number of aromatic nitrogens is 3. The van der Waals surface area contributed by atoms with Gasteiger partial charge >= 0.3 is 0 Å². The van der Waals surface area contributed by atoms with Crippen molar-refractivity contribution in [1.29, 1.82) is 0 Å². The second-order valence-electron chi connectivity index (χ2n) is 3.04. The molecule has 2 heterocycles. The highest BCUT2D eigenvalue weighted by atomic mass is 15.1. The number of nitrogens with two attached hydrogens (primary N) is 1. The molecular formula is C10H12N4. The number of aryl methyl sites for hydroxylation is 1. The van der Waals surface area contributed by atoms with Crippen LogP contribution >= 0.6 is 0 Å². The molecule has 0 aliphatic heterocycles. The van der Waals surface area contributed by atoms with Crippen molar-refractivity contribution >= 4 is 0 Å². The molecule has 2 N–H and O–H groups in total. The highest BCUT2D eigenvalue weighted by Crippen LogP contribution is 2.07. The standard InChI is InChI=1S/C10H12N4/c1-8-12-5-6-14(8)10-4-2-3-9(7-11)13-10/h2-6H,7,11H2,1H3. The number of nitrogens with zero attached hydrogens (tertiary/aromatic N) is 3. The molecule has 2 aromatic heterocycles. The van der Waals surface area contributed by atoms with Crippen LogP contribution in [0.4, 0.5) is 0 Å². The molecule has 0 radical (unpaired) electrons. The van der Waals surface area contributed by atoms with E-state index >= 15 is 0 Å². The van der Waals surface area contributed by atoms with Crippen molar-refractivity contribution in [3.8, 4) is 5.82 Å². The summed E-state index contributed by atoms with van der Waals surface area (Å²) in [6.07, 6.45) is 3.64. The Bertz CT molecular complexity index is 433. The summed E-state index contributed by atoms with van der Waals surface area (Å²) in [5.74, 6) is 1.79. The van der Waals surface area contributed by atoms with Crippen molar-refractivity contribution in [3.63, 3.8) is 0 Å². The summed E-state index contributed by atoms with van der Waals surface area (Å²) < 4.78 is 1.93. The zero-order chi connectivity index (χ0) is 9.97. The minimum Gasteiger partial charge on any atom is -0.325 e. The van der Waals surface area contributed by atoms with Crippen LogP contribution in [0.3, 0.4) is 0 Å². The highest BCUT2D eigenvalue weighted by Gasteiger charge is 2.01. The molecule has 0 atom stereocenters. The Morgan fingerprint density at radius 2 is 2.29 bits per heavy atom. The summed E-state index contributed by atoms with van der Waals surface area (Å²) in [5.41, 5.74) is 6.41. The topological polar surface area (TPSA) is 56.7 Å². The van der Waals surface area contributed by atoms with Crippen molar-refractivity contribution in [2.75, 3.05) is 0 Å². The lowest BCUT2D eigenvalue weighted by Gasteiger charge is -2.04. The van der Waals surface area contributed by atoms with Crippen LogP contribution in [-0.2, 0) is 6.54 Å². The molecule has 2 rings (SSSR count). The van der Waals surface area contributed by atoms with Crippen molar-refractivity contribution in [1.82, 2.24) is 14.5 Å². The Hall–Kier alpha value is -1.68. The lowest BCUT2D eigenvalue weighted by molar-refractivity contribution is 0.895. The first-order chi connectivity index (χ1) is 6.81. The Labute approximate surface area is 82.4 Å². The van der Waals surface area contributed by atoms with Gasteiger partial charge in [-0.2, -0.15) is 0 Å². The molecule has 72 valence electrons. The molecule has 14 heavy (non-hydrogen) atoms. The fourth-order valence-electron chi connectivity index (χ4n) is 1.33. The van der Waals surface area contributed by atoms with E-state index in [1.165, 1.54) is 0 Å². The van der Waals surface area contributed by atoms with E-state index in [2.05, 4.69) is 9.97 Å². The van der Waals surface area contributed by atoms with Gasteiger partial charge in [0.05, 0.1) is 5.69 Å². The molecule has 0 saturated carbocycles. The Kier molecular flexibility index (Phi) is 2.28. The summed E-state index contributed by atoms with van der Waals surface area (Å²) in [7, 11) is 0. The van der Waals surface area contributed by atoms with Crippen molar-refractivity contribution in [3.05, 3.63) is 42.1 Å². The average molecular weight is 188 g/mol. The van der Waals surface area contributed by atoms with E-state index < -0.39 is 0 Å². The molecule has 0 unspecified atom stereocenters. The van der Waals surface area contributed by atoms with Gasteiger partial charge in [0.1, 0.15) is 11.6 Å². The summed E-state index contributed by atoms with van der Waals surface area (Å²) in [4.78, 5) is 8.53. The third-order valence-corrected chi connectivity index (χ3v) is 2.07. The summed E-state index contributed by atoms with van der Waals surface area (Å²) in [5, 5.41) is 0. The van der Waals surface area contributed by atoms with Crippen LogP contribution < -0.4 is 5.73 Å². The minimum atomic E-state index is 0.460. The first-order valence-electron chi connectivity index (χ1n) is 4.47. The minimum absolute atomic E-state index is 0.460. The average Bonchev–Trinajstić information content (AvgIpc) is 2.65. The maximum atomic E-state index is 5.52. The second-order valence-corrected chi connectivity index (χ2v) is 3.04. The van der Waals surface area contributed by atoms with E-state index in [0.717, 1.165) is 17.3 Å². The van der Waals surface area contributed by atoms with E-state index in [1.54, 1.807) is 6.20 Å². The molecule has 0 bridgehead atoms. The lowest BCUT2D eigenvalue weighted by Crippen LogP contribution is -2.04. The number of imidazole rings is 1. The van der Waals surface area contributed by atoms with Gasteiger partial charge in [-0.15, -0.1) is 0 Å². The first kappa shape index (κ1) is 8.90. The molecule has 0 aliphatic carbocycles. The number of pyridine rings is 1. The van der Waals surface area contributed by atoms with Gasteiger partial charge in [0.25, 0.3) is 0 Å². The highest BCUT2D eigenvalue weighted by molar-refractivity contribution is 5.26. The van der Waals surface area contributed by atoms with Crippen LogP contribution in [0.1, 0.15) is 11.5 Å². The van der Waals surface area contributed by atoms with Crippen molar-refractivity contribution < 1.29 is 0 Å². The number of hydrogen-bond donors (Lipinski definition) is 1. The van der Waals surface area contributed by atoms with Crippen molar-refractivity contribution in [2.45, 2.75) is 13.5 Å². The van der Waals surface area contributed by atoms with Gasteiger partial charge < -0.3 is 5.73 Å². The fraction of sp³-hybridized carbons (Fsp3) is 0.200. The zero-order valence-corrected chi connectivity index (χ0v) is 8.01. The van der Waals surface area contributed by atoms with E-state index in [-0.39, 0.29) is 0 Å². The predicted molar refractivity (Wildman–Crippen MR) is 54.0 cm³/mol. The molecule has 0 amide bonds. The third kappa shape index (κ3) is 1.52. The SMILES string of the molecule is Cc1nccn1-c1cccc(CN)n1. The molecule has 0 saturated heterocycles. The maximum absolute atomic E-state index is 5.52. The van der Waals surface area contributed by atoms with Crippen LogP contribution in [-0.4, -0.2) is 14.5 Å². The smallest absolute Gasteiger partial charge is 0.138 e. The first-order valence-corrected chi connectivity index (χ1v) is 4.47.